The van der Waals surface area contributed by atoms with Gasteiger partial charge < -0.3 is 4.74 Å². The van der Waals surface area contributed by atoms with Crippen molar-refractivity contribution in [2.75, 3.05) is 0 Å². The van der Waals surface area contributed by atoms with Gasteiger partial charge in [0.05, 0.1) is 6.61 Å². The van der Waals surface area contributed by atoms with Gasteiger partial charge in [-0.3, -0.25) is 9.63 Å². The predicted molar refractivity (Wildman–Crippen MR) is 80.9 cm³/mol. The zero-order valence-corrected chi connectivity index (χ0v) is 12.3. The van der Waals surface area contributed by atoms with Crippen LogP contribution in [-0.4, -0.2) is 12.0 Å². The van der Waals surface area contributed by atoms with Gasteiger partial charge in [-0.25, -0.2) is 5.48 Å². The van der Waals surface area contributed by atoms with Gasteiger partial charge in [-0.1, -0.05) is 48.0 Å². The Bertz CT molecular complexity index is 589. The zero-order chi connectivity index (χ0) is 15.1. The van der Waals surface area contributed by atoms with Gasteiger partial charge in [0.25, 0.3) is 5.91 Å². The van der Waals surface area contributed by atoms with Gasteiger partial charge in [0.1, 0.15) is 5.75 Å². The molecular weight excluding hydrogens is 290 g/mol. The van der Waals surface area contributed by atoms with Crippen molar-refractivity contribution in [3.05, 3.63) is 65.2 Å². The smallest absolute Gasteiger partial charge is 0.284 e. The van der Waals surface area contributed by atoms with E-state index in [9.17, 15) is 4.79 Å². The molecule has 4 nitrogen and oxygen atoms in total. The number of carbonyl (C=O) groups is 1. The summed E-state index contributed by atoms with van der Waals surface area (Å²) in [6, 6.07) is 16.4. The predicted octanol–water partition coefficient (Wildman–Crippen LogP) is 3.36. The molecule has 0 aromatic heterocycles. The summed E-state index contributed by atoms with van der Waals surface area (Å²) in [5.74, 6) is 0.180. The van der Waals surface area contributed by atoms with Gasteiger partial charge in [0.15, 0.2) is 6.10 Å². The molecule has 0 heterocycles. The first kappa shape index (κ1) is 15.4. The quantitative estimate of drug-likeness (QED) is 0.833. The van der Waals surface area contributed by atoms with Gasteiger partial charge in [-0.05, 0) is 30.7 Å². The van der Waals surface area contributed by atoms with Gasteiger partial charge >= 0.3 is 0 Å². The SMILES string of the molecule is CC(Oc1cccc(Cl)c1)C(=O)NOCc1ccccc1. The summed E-state index contributed by atoms with van der Waals surface area (Å²) in [6.45, 7) is 1.94. The fourth-order valence-corrected chi connectivity index (χ4v) is 1.83. The molecule has 2 aromatic rings. The lowest BCUT2D eigenvalue weighted by Crippen LogP contribution is -2.36. The average molecular weight is 306 g/mol. The molecule has 110 valence electrons. The molecule has 2 rings (SSSR count). The van der Waals surface area contributed by atoms with Crippen LogP contribution >= 0.6 is 11.6 Å². The number of hydroxylamine groups is 1. The third kappa shape index (κ3) is 5.10. The summed E-state index contributed by atoms with van der Waals surface area (Å²) in [7, 11) is 0. The normalized spacial score (nSPS) is 11.7. The first-order valence-electron chi connectivity index (χ1n) is 6.53. The lowest BCUT2D eigenvalue weighted by Gasteiger charge is -2.14. The van der Waals surface area contributed by atoms with Crippen LogP contribution in [0, 0.1) is 0 Å². The fourth-order valence-electron chi connectivity index (χ4n) is 1.65. The Morgan fingerprint density at radius 1 is 1.19 bits per heavy atom. The van der Waals surface area contributed by atoms with E-state index in [0.717, 1.165) is 5.56 Å². The molecule has 0 bridgehead atoms. The van der Waals surface area contributed by atoms with Crippen molar-refractivity contribution in [2.24, 2.45) is 0 Å². The Balaban J connectivity index is 1.77. The fraction of sp³-hybridized carbons (Fsp3) is 0.188. The molecular formula is C16H16ClNO3. The minimum Gasteiger partial charge on any atom is -0.481 e. The number of halogens is 1. The topological polar surface area (TPSA) is 47.6 Å². The molecule has 1 atom stereocenters. The van der Waals surface area contributed by atoms with E-state index in [4.69, 9.17) is 21.2 Å². The summed E-state index contributed by atoms with van der Waals surface area (Å²) in [5, 5.41) is 0.556. The first-order chi connectivity index (χ1) is 10.1. The Morgan fingerprint density at radius 3 is 2.67 bits per heavy atom. The second-order valence-corrected chi connectivity index (χ2v) is 4.89. The van der Waals surface area contributed by atoms with Crippen molar-refractivity contribution in [1.82, 2.24) is 5.48 Å². The molecule has 2 aromatic carbocycles. The summed E-state index contributed by atoms with van der Waals surface area (Å²) >= 11 is 5.85. The number of nitrogens with one attached hydrogen (secondary N) is 1. The highest BCUT2D eigenvalue weighted by Crippen LogP contribution is 2.18. The molecule has 0 saturated carbocycles. The van der Waals surface area contributed by atoms with Gasteiger partial charge in [-0.2, -0.15) is 0 Å². The van der Waals surface area contributed by atoms with Gasteiger partial charge in [0.2, 0.25) is 0 Å². The Labute approximate surface area is 128 Å². The highest BCUT2D eigenvalue weighted by atomic mass is 35.5. The van der Waals surface area contributed by atoms with Crippen molar-refractivity contribution in [2.45, 2.75) is 19.6 Å². The summed E-state index contributed by atoms with van der Waals surface area (Å²) in [5.41, 5.74) is 3.34. The van der Waals surface area contributed by atoms with E-state index in [1.54, 1.807) is 31.2 Å². The van der Waals surface area contributed by atoms with E-state index in [0.29, 0.717) is 17.4 Å². The molecule has 0 aliphatic carbocycles. The van der Waals surface area contributed by atoms with Crippen LogP contribution in [0.25, 0.3) is 0 Å². The minimum absolute atomic E-state index is 0.302. The van der Waals surface area contributed by atoms with E-state index >= 15 is 0 Å². The molecule has 0 spiro atoms. The van der Waals surface area contributed by atoms with Gasteiger partial charge in [-0.15, -0.1) is 0 Å². The van der Waals surface area contributed by atoms with Crippen LogP contribution in [0.1, 0.15) is 12.5 Å². The van der Waals surface area contributed by atoms with Crippen LogP contribution in [-0.2, 0) is 16.2 Å². The number of rotatable bonds is 6. The standard InChI is InChI=1S/C16H16ClNO3/c1-12(21-15-9-5-8-14(17)10-15)16(19)18-20-11-13-6-3-2-4-7-13/h2-10,12H,11H2,1H3,(H,18,19). The van der Waals surface area contributed by atoms with Gasteiger partial charge in [0, 0.05) is 5.02 Å². The van der Waals surface area contributed by atoms with Crippen LogP contribution in [0.15, 0.2) is 54.6 Å². The second-order valence-electron chi connectivity index (χ2n) is 4.46. The van der Waals surface area contributed by atoms with E-state index in [1.807, 2.05) is 30.3 Å². The highest BCUT2D eigenvalue weighted by Gasteiger charge is 2.14. The summed E-state index contributed by atoms with van der Waals surface area (Å²) in [6.07, 6.45) is -0.681. The molecule has 0 fully saturated rings. The van der Waals surface area contributed by atoms with E-state index in [2.05, 4.69) is 5.48 Å². The van der Waals surface area contributed by atoms with E-state index < -0.39 is 6.10 Å². The number of benzene rings is 2. The number of amides is 1. The molecule has 0 aliphatic heterocycles. The second kappa shape index (κ2) is 7.67. The van der Waals surface area contributed by atoms with E-state index in [1.165, 1.54) is 0 Å². The summed E-state index contributed by atoms with van der Waals surface area (Å²) in [4.78, 5) is 17.0. The third-order valence-electron chi connectivity index (χ3n) is 2.73. The molecule has 21 heavy (non-hydrogen) atoms. The van der Waals surface area contributed by atoms with Crippen molar-refractivity contribution in [3.8, 4) is 5.75 Å². The largest absolute Gasteiger partial charge is 0.481 e. The van der Waals surface area contributed by atoms with Crippen molar-refractivity contribution in [1.29, 1.82) is 0 Å². The lowest BCUT2D eigenvalue weighted by molar-refractivity contribution is -0.141. The van der Waals surface area contributed by atoms with Crippen molar-refractivity contribution >= 4 is 17.5 Å². The van der Waals surface area contributed by atoms with Crippen LogP contribution in [0.5, 0.6) is 5.75 Å². The Kier molecular flexibility index (Phi) is 5.60. The molecule has 5 heteroatoms. The number of hydrogen-bond acceptors (Lipinski definition) is 3. The van der Waals surface area contributed by atoms with Crippen molar-refractivity contribution in [3.63, 3.8) is 0 Å². The van der Waals surface area contributed by atoms with E-state index in [-0.39, 0.29) is 5.91 Å². The monoisotopic (exact) mass is 305 g/mol. The molecule has 0 radical (unpaired) electrons. The highest BCUT2D eigenvalue weighted by molar-refractivity contribution is 6.30. The maximum absolute atomic E-state index is 11.8. The third-order valence-corrected chi connectivity index (χ3v) is 2.97. The molecule has 1 N–H and O–H groups in total. The Hall–Kier alpha value is -2.04. The van der Waals surface area contributed by atoms with Crippen LogP contribution < -0.4 is 10.2 Å². The average Bonchev–Trinajstić information content (AvgIpc) is 2.48. The first-order valence-corrected chi connectivity index (χ1v) is 6.91. The number of hydrogen-bond donors (Lipinski definition) is 1. The minimum atomic E-state index is -0.681. The molecule has 0 saturated heterocycles. The zero-order valence-electron chi connectivity index (χ0n) is 11.6. The summed E-state index contributed by atoms with van der Waals surface area (Å²) < 4.78 is 5.48. The van der Waals surface area contributed by atoms with Crippen LogP contribution in [0.4, 0.5) is 0 Å². The molecule has 1 amide bonds. The van der Waals surface area contributed by atoms with Crippen molar-refractivity contribution < 1.29 is 14.4 Å². The maximum Gasteiger partial charge on any atom is 0.284 e. The number of ether oxygens (including phenoxy) is 1. The van der Waals surface area contributed by atoms with Crippen LogP contribution in [0.3, 0.4) is 0 Å². The molecule has 0 aliphatic rings. The lowest BCUT2D eigenvalue weighted by atomic mass is 10.2. The Morgan fingerprint density at radius 2 is 1.95 bits per heavy atom. The molecule has 1 unspecified atom stereocenters. The van der Waals surface area contributed by atoms with Crippen LogP contribution in [0.2, 0.25) is 5.02 Å². The maximum atomic E-state index is 11.8. The number of carbonyl (C=O) groups excluding carboxylic acids is 1.